The standard InChI is InChI=1S/C13H12Br2ClNO/c1-2-17-13(11-5-6-12(15)18-11)9-4-3-8(14)7-10(9)16/h3-7,13,17H,2H2,1H3. The van der Waals surface area contributed by atoms with Crippen LogP contribution in [0.1, 0.15) is 24.3 Å². The minimum atomic E-state index is -0.0399. The van der Waals surface area contributed by atoms with Gasteiger partial charge in [0.25, 0.3) is 0 Å². The third kappa shape index (κ3) is 3.18. The molecule has 0 bridgehead atoms. The number of hydrogen-bond acceptors (Lipinski definition) is 2. The summed E-state index contributed by atoms with van der Waals surface area (Å²) in [5, 5.41) is 4.09. The van der Waals surface area contributed by atoms with Gasteiger partial charge in [0.05, 0.1) is 6.04 Å². The van der Waals surface area contributed by atoms with Gasteiger partial charge < -0.3 is 9.73 Å². The van der Waals surface area contributed by atoms with Crippen LogP contribution < -0.4 is 5.32 Å². The molecule has 0 saturated carbocycles. The van der Waals surface area contributed by atoms with E-state index in [0.717, 1.165) is 22.3 Å². The highest BCUT2D eigenvalue weighted by atomic mass is 79.9. The molecule has 0 spiro atoms. The van der Waals surface area contributed by atoms with Crippen molar-refractivity contribution in [2.75, 3.05) is 6.54 Å². The van der Waals surface area contributed by atoms with Crippen LogP contribution in [0, 0.1) is 0 Å². The second kappa shape index (κ2) is 6.24. The number of benzene rings is 1. The SMILES string of the molecule is CCNC(c1ccc(Br)o1)c1ccc(Br)cc1Cl. The molecular formula is C13H12Br2ClNO. The molecule has 1 atom stereocenters. The molecule has 1 heterocycles. The third-order valence-electron chi connectivity index (χ3n) is 2.56. The molecular weight excluding hydrogens is 381 g/mol. The van der Waals surface area contributed by atoms with Gasteiger partial charge in [-0.2, -0.15) is 0 Å². The fourth-order valence-corrected chi connectivity index (χ4v) is 2.89. The van der Waals surface area contributed by atoms with Crippen LogP contribution in [0.5, 0.6) is 0 Å². The normalized spacial score (nSPS) is 12.7. The molecule has 1 unspecified atom stereocenters. The first-order valence-electron chi connectivity index (χ1n) is 5.55. The van der Waals surface area contributed by atoms with Crippen molar-refractivity contribution in [3.05, 3.63) is 55.8 Å². The van der Waals surface area contributed by atoms with Gasteiger partial charge in [-0.3, -0.25) is 0 Å². The van der Waals surface area contributed by atoms with Crippen molar-refractivity contribution >= 4 is 43.5 Å². The average molecular weight is 394 g/mol. The largest absolute Gasteiger partial charge is 0.452 e. The van der Waals surface area contributed by atoms with Gasteiger partial charge in [-0.05, 0) is 52.3 Å². The summed E-state index contributed by atoms with van der Waals surface area (Å²) in [6.07, 6.45) is 0. The van der Waals surface area contributed by atoms with Crippen molar-refractivity contribution < 1.29 is 4.42 Å². The number of halogens is 3. The number of nitrogens with one attached hydrogen (secondary N) is 1. The van der Waals surface area contributed by atoms with Gasteiger partial charge >= 0.3 is 0 Å². The van der Waals surface area contributed by atoms with Crippen LogP contribution in [0.25, 0.3) is 0 Å². The Morgan fingerprint density at radius 1 is 1.28 bits per heavy atom. The maximum atomic E-state index is 6.29. The number of rotatable bonds is 4. The van der Waals surface area contributed by atoms with Crippen LogP contribution in [0.15, 0.2) is 43.9 Å². The molecule has 0 radical (unpaired) electrons. The molecule has 2 aromatic rings. The van der Waals surface area contributed by atoms with Gasteiger partial charge in [0.1, 0.15) is 5.76 Å². The van der Waals surface area contributed by atoms with Crippen molar-refractivity contribution in [3.8, 4) is 0 Å². The molecule has 0 saturated heterocycles. The molecule has 0 aliphatic carbocycles. The van der Waals surface area contributed by atoms with Gasteiger partial charge in [-0.15, -0.1) is 0 Å². The Morgan fingerprint density at radius 3 is 2.61 bits per heavy atom. The van der Waals surface area contributed by atoms with Crippen molar-refractivity contribution in [1.82, 2.24) is 5.32 Å². The number of hydrogen-bond donors (Lipinski definition) is 1. The smallest absolute Gasteiger partial charge is 0.169 e. The summed E-state index contributed by atoms with van der Waals surface area (Å²) in [4.78, 5) is 0. The molecule has 0 fully saturated rings. The zero-order valence-electron chi connectivity index (χ0n) is 9.71. The molecule has 2 nitrogen and oxygen atoms in total. The van der Waals surface area contributed by atoms with E-state index in [4.69, 9.17) is 16.0 Å². The quantitative estimate of drug-likeness (QED) is 0.776. The Morgan fingerprint density at radius 2 is 2.06 bits per heavy atom. The van der Waals surface area contributed by atoms with Gasteiger partial charge in [0.2, 0.25) is 0 Å². The van der Waals surface area contributed by atoms with E-state index in [-0.39, 0.29) is 6.04 Å². The lowest BCUT2D eigenvalue weighted by molar-refractivity contribution is 0.437. The summed E-state index contributed by atoms with van der Waals surface area (Å²) in [5.74, 6) is 0.841. The zero-order valence-corrected chi connectivity index (χ0v) is 13.6. The predicted molar refractivity (Wildman–Crippen MR) is 81.1 cm³/mol. The highest BCUT2D eigenvalue weighted by Gasteiger charge is 2.19. The molecule has 2 rings (SSSR count). The summed E-state index contributed by atoms with van der Waals surface area (Å²) >= 11 is 13.0. The van der Waals surface area contributed by atoms with Crippen molar-refractivity contribution in [1.29, 1.82) is 0 Å². The monoisotopic (exact) mass is 391 g/mol. The van der Waals surface area contributed by atoms with Crippen molar-refractivity contribution in [2.45, 2.75) is 13.0 Å². The Bertz CT molecular complexity index is 542. The minimum absolute atomic E-state index is 0.0399. The maximum absolute atomic E-state index is 6.29. The lowest BCUT2D eigenvalue weighted by Crippen LogP contribution is -2.21. The zero-order chi connectivity index (χ0) is 13.1. The van der Waals surface area contributed by atoms with E-state index in [9.17, 15) is 0 Å². The van der Waals surface area contributed by atoms with Crippen LogP contribution in [0.4, 0.5) is 0 Å². The molecule has 1 aromatic heterocycles. The second-order valence-electron chi connectivity index (χ2n) is 3.80. The van der Waals surface area contributed by atoms with Crippen LogP contribution in [-0.4, -0.2) is 6.54 Å². The molecule has 96 valence electrons. The van der Waals surface area contributed by atoms with E-state index < -0.39 is 0 Å². The van der Waals surface area contributed by atoms with Gasteiger partial charge in [-0.1, -0.05) is 40.5 Å². The summed E-state index contributed by atoms with van der Waals surface area (Å²) in [5.41, 5.74) is 1.00. The topological polar surface area (TPSA) is 25.2 Å². The van der Waals surface area contributed by atoms with E-state index in [2.05, 4.69) is 44.1 Å². The van der Waals surface area contributed by atoms with E-state index >= 15 is 0 Å². The van der Waals surface area contributed by atoms with Gasteiger partial charge in [0, 0.05) is 9.50 Å². The lowest BCUT2D eigenvalue weighted by Gasteiger charge is -2.17. The molecule has 0 aliphatic heterocycles. The van der Waals surface area contributed by atoms with Gasteiger partial charge in [-0.25, -0.2) is 0 Å². The average Bonchev–Trinajstić information content (AvgIpc) is 2.73. The molecule has 1 aromatic carbocycles. The summed E-state index contributed by atoms with van der Waals surface area (Å²) < 4.78 is 7.30. The molecule has 1 N–H and O–H groups in total. The van der Waals surface area contributed by atoms with Crippen molar-refractivity contribution in [2.24, 2.45) is 0 Å². The summed E-state index contributed by atoms with van der Waals surface area (Å²) in [6.45, 7) is 2.88. The van der Waals surface area contributed by atoms with E-state index in [1.165, 1.54) is 0 Å². The number of furan rings is 1. The fraction of sp³-hybridized carbons (Fsp3) is 0.231. The Labute approximate surface area is 128 Å². The second-order valence-corrected chi connectivity index (χ2v) is 5.90. The maximum Gasteiger partial charge on any atom is 0.169 e. The Hall–Kier alpha value is -0.290. The van der Waals surface area contributed by atoms with Crippen LogP contribution in [-0.2, 0) is 0 Å². The fourth-order valence-electron chi connectivity index (χ4n) is 1.79. The van der Waals surface area contributed by atoms with Crippen LogP contribution >= 0.6 is 43.5 Å². The van der Waals surface area contributed by atoms with E-state index in [0.29, 0.717) is 9.69 Å². The van der Waals surface area contributed by atoms with E-state index in [1.54, 1.807) is 0 Å². The minimum Gasteiger partial charge on any atom is -0.452 e. The Balaban J connectivity index is 2.41. The lowest BCUT2D eigenvalue weighted by atomic mass is 10.0. The van der Waals surface area contributed by atoms with Crippen LogP contribution in [0.2, 0.25) is 5.02 Å². The highest BCUT2D eigenvalue weighted by Crippen LogP contribution is 2.32. The highest BCUT2D eigenvalue weighted by molar-refractivity contribution is 9.10. The summed E-state index contributed by atoms with van der Waals surface area (Å²) in [7, 11) is 0. The first kappa shape index (κ1) is 14.1. The third-order valence-corrected chi connectivity index (χ3v) is 3.81. The van der Waals surface area contributed by atoms with E-state index in [1.807, 2.05) is 30.3 Å². The van der Waals surface area contributed by atoms with Gasteiger partial charge in [0.15, 0.2) is 4.67 Å². The molecule has 18 heavy (non-hydrogen) atoms. The first-order valence-corrected chi connectivity index (χ1v) is 7.51. The van der Waals surface area contributed by atoms with Crippen molar-refractivity contribution in [3.63, 3.8) is 0 Å². The Kier molecular flexibility index (Phi) is 4.90. The first-order chi connectivity index (χ1) is 8.61. The predicted octanol–water partition coefficient (Wildman–Crippen LogP) is 5.16. The molecule has 0 amide bonds. The van der Waals surface area contributed by atoms with Crippen LogP contribution in [0.3, 0.4) is 0 Å². The molecule has 0 aliphatic rings. The summed E-state index contributed by atoms with van der Waals surface area (Å²) in [6, 6.07) is 9.64. The molecule has 5 heteroatoms.